The number of hydrogen-bond donors (Lipinski definition) is 1. The lowest BCUT2D eigenvalue weighted by molar-refractivity contribution is -0.000638. The third-order valence-electron chi connectivity index (χ3n) is 5.84. The predicted molar refractivity (Wildman–Crippen MR) is 97.9 cm³/mol. The fraction of sp³-hybridized carbons (Fsp3) is 0.789. The van der Waals surface area contributed by atoms with Gasteiger partial charge in [-0.15, -0.1) is 0 Å². The number of carbonyl (C=O) groups is 1. The van der Waals surface area contributed by atoms with E-state index in [2.05, 4.69) is 15.3 Å². The third kappa shape index (κ3) is 4.06. The van der Waals surface area contributed by atoms with E-state index >= 15 is 0 Å². The van der Waals surface area contributed by atoms with E-state index in [1.807, 2.05) is 25.5 Å². The van der Waals surface area contributed by atoms with E-state index in [1.165, 1.54) is 25.9 Å². The van der Waals surface area contributed by atoms with Crippen LogP contribution in [0.3, 0.4) is 0 Å². The van der Waals surface area contributed by atoms with Crippen LogP contribution in [0.15, 0.2) is 0 Å². The van der Waals surface area contributed by atoms with Crippen LogP contribution < -0.4 is 5.32 Å². The Bertz CT molecular complexity index is 599. The van der Waals surface area contributed by atoms with Crippen LogP contribution in [0.1, 0.15) is 54.4 Å². The van der Waals surface area contributed by atoms with Crippen LogP contribution in [0.25, 0.3) is 0 Å². The van der Waals surface area contributed by atoms with Crippen molar-refractivity contribution in [3.8, 4) is 0 Å². The van der Waals surface area contributed by atoms with Crippen molar-refractivity contribution in [3.05, 3.63) is 17.0 Å². The van der Waals surface area contributed by atoms with Gasteiger partial charge < -0.3 is 15.0 Å². The molecule has 1 amide bonds. The second kappa shape index (κ2) is 7.87. The van der Waals surface area contributed by atoms with Crippen molar-refractivity contribution in [1.82, 2.24) is 20.0 Å². The molecule has 2 fully saturated rings. The molecule has 1 N–H and O–H groups in total. The fourth-order valence-electron chi connectivity index (χ4n) is 4.30. The highest BCUT2D eigenvalue weighted by Gasteiger charge is 2.36. The number of rotatable bonds is 6. The van der Waals surface area contributed by atoms with Crippen LogP contribution in [0.4, 0.5) is 0 Å². The Morgan fingerprint density at radius 3 is 2.52 bits per heavy atom. The topological polar surface area (TPSA) is 59.4 Å². The van der Waals surface area contributed by atoms with Crippen LogP contribution in [-0.2, 0) is 11.3 Å². The number of aryl methyl sites for hydroxylation is 2. The highest BCUT2D eigenvalue weighted by atomic mass is 16.5. The van der Waals surface area contributed by atoms with E-state index in [4.69, 9.17) is 4.74 Å². The number of ether oxygens (including phenoxy) is 1. The van der Waals surface area contributed by atoms with E-state index in [0.29, 0.717) is 0 Å². The highest BCUT2D eigenvalue weighted by Crippen LogP contribution is 2.32. The Labute approximate surface area is 150 Å². The summed E-state index contributed by atoms with van der Waals surface area (Å²) in [4.78, 5) is 15.4. The van der Waals surface area contributed by atoms with Crippen molar-refractivity contribution in [2.75, 3.05) is 39.4 Å². The summed E-state index contributed by atoms with van der Waals surface area (Å²) < 4.78 is 7.49. The van der Waals surface area contributed by atoms with Crippen molar-refractivity contribution >= 4 is 5.91 Å². The summed E-state index contributed by atoms with van der Waals surface area (Å²) in [5, 5.41) is 7.70. The molecule has 2 aliphatic rings. The van der Waals surface area contributed by atoms with Crippen molar-refractivity contribution in [2.24, 2.45) is 5.41 Å². The van der Waals surface area contributed by atoms with Gasteiger partial charge in [0.05, 0.1) is 11.3 Å². The summed E-state index contributed by atoms with van der Waals surface area (Å²) in [6, 6.07) is 0. The summed E-state index contributed by atoms with van der Waals surface area (Å²) in [6.07, 6.45) is 4.65. The average Bonchev–Trinajstić information content (AvgIpc) is 3.21. The van der Waals surface area contributed by atoms with E-state index in [-0.39, 0.29) is 11.3 Å². The maximum Gasteiger partial charge on any atom is 0.255 e. The quantitative estimate of drug-likeness (QED) is 0.856. The first-order valence-corrected chi connectivity index (χ1v) is 9.67. The normalized spacial score (nSPS) is 20.8. The summed E-state index contributed by atoms with van der Waals surface area (Å²) in [5.74, 6) is 0.0157. The molecule has 1 aromatic heterocycles. The summed E-state index contributed by atoms with van der Waals surface area (Å²) in [6.45, 7) is 12.5. The maximum atomic E-state index is 12.8. The van der Waals surface area contributed by atoms with E-state index in [9.17, 15) is 4.79 Å². The molecule has 0 spiro atoms. The first-order valence-electron chi connectivity index (χ1n) is 9.67. The lowest BCUT2D eigenvalue weighted by atomic mass is 9.79. The van der Waals surface area contributed by atoms with Gasteiger partial charge in [0.2, 0.25) is 0 Å². The van der Waals surface area contributed by atoms with Gasteiger partial charge in [0.1, 0.15) is 0 Å². The molecule has 2 saturated heterocycles. The van der Waals surface area contributed by atoms with Gasteiger partial charge in [0, 0.05) is 44.0 Å². The van der Waals surface area contributed by atoms with Gasteiger partial charge in [0.15, 0.2) is 0 Å². The van der Waals surface area contributed by atoms with Crippen LogP contribution >= 0.6 is 0 Å². The molecule has 3 rings (SSSR count). The highest BCUT2D eigenvalue weighted by molar-refractivity contribution is 5.96. The number of nitrogens with one attached hydrogen (secondary N) is 1. The first kappa shape index (κ1) is 18.4. The first-order chi connectivity index (χ1) is 12.0. The smallest absolute Gasteiger partial charge is 0.255 e. The molecule has 0 bridgehead atoms. The average molecular weight is 348 g/mol. The van der Waals surface area contributed by atoms with E-state index in [0.717, 1.165) is 62.6 Å². The van der Waals surface area contributed by atoms with E-state index < -0.39 is 0 Å². The molecule has 1 aromatic rings. The molecule has 0 saturated carbocycles. The van der Waals surface area contributed by atoms with Gasteiger partial charge in [-0.1, -0.05) is 0 Å². The summed E-state index contributed by atoms with van der Waals surface area (Å²) >= 11 is 0. The molecule has 2 aliphatic heterocycles. The SMILES string of the molecule is CCn1nc(C)c(C(=O)NCC2(CN3CCCC3)CCOCC2)c1C. The molecule has 140 valence electrons. The minimum Gasteiger partial charge on any atom is -0.381 e. The lowest BCUT2D eigenvalue weighted by Gasteiger charge is -2.40. The predicted octanol–water partition coefficient (Wildman–Crippen LogP) is 2.14. The zero-order chi connectivity index (χ0) is 17.9. The molecule has 6 heteroatoms. The number of likely N-dealkylation sites (tertiary alicyclic amines) is 1. The standard InChI is InChI=1S/C19H32N4O2/c1-4-23-16(3)17(15(2)21-23)18(24)20-13-19(7-11-25-12-8-19)14-22-9-5-6-10-22/h4-14H2,1-3H3,(H,20,24). The number of carbonyl (C=O) groups excluding carboxylic acids is 1. The Kier molecular flexibility index (Phi) is 5.79. The van der Waals surface area contributed by atoms with Gasteiger partial charge in [-0.3, -0.25) is 9.48 Å². The zero-order valence-corrected chi connectivity index (χ0v) is 15.9. The molecule has 6 nitrogen and oxygen atoms in total. The number of nitrogens with zero attached hydrogens (tertiary/aromatic N) is 3. The van der Waals surface area contributed by atoms with Gasteiger partial charge in [0.25, 0.3) is 5.91 Å². The lowest BCUT2D eigenvalue weighted by Crippen LogP contribution is -2.48. The van der Waals surface area contributed by atoms with Crippen molar-refractivity contribution < 1.29 is 9.53 Å². The largest absolute Gasteiger partial charge is 0.381 e. The van der Waals surface area contributed by atoms with E-state index in [1.54, 1.807) is 0 Å². The summed E-state index contributed by atoms with van der Waals surface area (Å²) in [5.41, 5.74) is 2.65. The molecule has 25 heavy (non-hydrogen) atoms. The number of amides is 1. The second-order valence-corrected chi connectivity index (χ2v) is 7.64. The third-order valence-corrected chi connectivity index (χ3v) is 5.84. The fourth-order valence-corrected chi connectivity index (χ4v) is 4.30. The minimum atomic E-state index is 0.0157. The molecule has 0 aliphatic carbocycles. The molecule has 0 aromatic carbocycles. The van der Waals surface area contributed by atoms with Gasteiger partial charge >= 0.3 is 0 Å². The minimum absolute atomic E-state index is 0.0157. The molecule has 3 heterocycles. The molecule has 0 unspecified atom stereocenters. The Morgan fingerprint density at radius 1 is 1.24 bits per heavy atom. The van der Waals surface area contributed by atoms with Crippen LogP contribution in [-0.4, -0.2) is 60.0 Å². The van der Waals surface area contributed by atoms with Crippen LogP contribution in [0.2, 0.25) is 0 Å². The van der Waals surface area contributed by atoms with Crippen LogP contribution in [0.5, 0.6) is 0 Å². The Hall–Kier alpha value is -1.40. The van der Waals surface area contributed by atoms with Crippen molar-refractivity contribution in [2.45, 2.75) is 53.0 Å². The maximum absolute atomic E-state index is 12.8. The van der Waals surface area contributed by atoms with Gasteiger partial charge in [-0.2, -0.15) is 5.10 Å². The zero-order valence-electron chi connectivity index (χ0n) is 15.9. The molecular weight excluding hydrogens is 316 g/mol. The molecular formula is C19H32N4O2. The Balaban J connectivity index is 1.68. The second-order valence-electron chi connectivity index (χ2n) is 7.64. The van der Waals surface area contributed by atoms with Crippen LogP contribution in [0, 0.1) is 19.3 Å². The number of aromatic nitrogens is 2. The summed E-state index contributed by atoms with van der Waals surface area (Å²) in [7, 11) is 0. The van der Waals surface area contributed by atoms with Gasteiger partial charge in [-0.25, -0.2) is 0 Å². The Morgan fingerprint density at radius 2 is 1.92 bits per heavy atom. The number of hydrogen-bond acceptors (Lipinski definition) is 4. The molecule has 0 radical (unpaired) electrons. The monoisotopic (exact) mass is 348 g/mol. The van der Waals surface area contributed by atoms with Gasteiger partial charge in [-0.05, 0) is 59.5 Å². The van der Waals surface area contributed by atoms with Crippen molar-refractivity contribution in [1.29, 1.82) is 0 Å². The molecule has 0 atom stereocenters. The van der Waals surface area contributed by atoms with Crippen molar-refractivity contribution in [3.63, 3.8) is 0 Å².